The molecule has 3 rings (SSSR count). The molecule has 3 nitrogen and oxygen atoms in total. The first-order chi connectivity index (χ1) is 9.79. The molecular weight excluding hydrogens is 248 g/mol. The van der Waals surface area contributed by atoms with E-state index in [1.165, 1.54) is 51.4 Å². The van der Waals surface area contributed by atoms with Crippen LogP contribution in [0.4, 0.5) is 0 Å². The van der Waals surface area contributed by atoms with Crippen molar-refractivity contribution in [3.8, 4) is 0 Å². The molecule has 1 N–H and O–H groups in total. The van der Waals surface area contributed by atoms with Gasteiger partial charge in [0.05, 0.1) is 12.2 Å². The van der Waals surface area contributed by atoms with Crippen LogP contribution in [-0.4, -0.2) is 29.6 Å². The Bertz CT molecular complexity index is 332. The molecule has 1 saturated heterocycles. The maximum Gasteiger partial charge on any atom is 0.241 e. The predicted molar refractivity (Wildman–Crippen MR) is 81.2 cm³/mol. The Labute approximate surface area is 123 Å². The van der Waals surface area contributed by atoms with Crippen LogP contribution >= 0.6 is 0 Å². The van der Waals surface area contributed by atoms with E-state index in [4.69, 9.17) is 0 Å². The second-order valence-corrected chi connectivity index (χ2v) is 7.14. The van der Waals surface area contributed by atoms with Crippen LogP contribution in [0, 0.1) is 11.8 Å². The molecule has 1 aliphatic heterocycles. The highest BCUT2D eigenvalue weighted by atomic mass is 16.2. The molecule has 114 valence electrons. The van der Waals surface area contributed by atoms with Crippen LogP contribution in [0.3, 0.4) is 0 Å². The van der Waals surface area contributed by atoms with Gasteiger partial charge in [0.1, 0.15) is 0 Å². The second kappa shape index (κ2) is 6.46. The highest BCUT2D eigenvalue weighted by Crippen LogP contribution is 2.34. The van der Waals surface area contributed by atoms with Crippen molar-refractivity contribution < 1.29 is 4.79 Å². The third-order valence-electron chi connectivity index (χ3n) is 5.64. The molecule has 2 saturated carbocycles. The van der Waals surface area contributed by atoms with Gasteiger partial charge in [-0.3, -0.25) is 10.1 Å². The Morgan fingerprint density at radius 2 is 1.75 bits per heavy atom. The first-order valence-corrected chi connectivity index (χ1v) is 8.86. The molecule has 2 unspecified atom stereocenters. The molecule has 1 amide bonds. The zero-order valence-electron chi connectivity index (χ0n) is 12.9. The van der Waals surface area contributed by atoms with E-state index in [9.17, 15) is 4.79 Å². The van der Waals surface area contributed by atoms with Gasteiger partial charge in [0.25, 0.3) is 0 Å². The molecule has 0 aromatic rings. The van der Waals surface area contributed by atoms with Crippen molar-refractivity contribution in [1.82, 2.24) is 10.2 Å². The summed E-state index contributed by atoms with van der Waals surface area (Å²) in [4.78, 5) is 15.0. The van der Waals surface area contributed by atoms with Crippen molar-refractivity contribution in [2.24, 2.45) is 11.8 Å². The van der Waals surface area contributed by atoms with E-state index in [0.717, 1.165) is 25.3 Å². The minimum Gasteiger partial charge on any atom is -0.325 e. The number of nitrogens with zero attached hydrogens (tertiary/aromatic N) is 1. The summed E-state index contributed by atoms with van der Waals surface area (Å²) in [7, 11) is 0. The molecule has 20 heavy (non-hydrogen) atoms. The summed E-state index contributed by atoms with van der Waals surface area (Å²) in [5, 5.41) is 3.68. The lowest BCUT2D eigenvalue weighted by Crippen LogP contribution is -2.44. The standard InChI is InChI=1S/C17H30N2O/c1-2-7-15-17(20)19(12-13-8-3-4-9-13)16(18-15)14-10-5-6-11-14/h13-16,18H,2-12H2,1H3. The lowest BCUT2D eigenvalue weighted by Gasteiger charge is -2.31. The zero-order chi connectivity index (χ0) is 13.9. The number of nitrogens with one attached hydrogen (secondary N) is 1. The molecule has 0 aromatic heterocycles. The number of carbonyl (C=O) groups excluding carboxylic acids is 1. The van der Waals surface area contributed by atoms with Crippen LogP contribution in [0.15, 0.2) is 0 Å². The van der Waals surface area contributed by atoms with Crippen LogP contribution in [0.25, 0.3) is 0 Å². The van der Waals surface area contributed by atoms with E-state index < -0.39 is 0 Å². The summed E-state index contributed by atoms with van der Waals surface area (Å²) in [6.07, 6.45) is 13.2. The first-order valence-electron chi connectivity index (χ1n) is 8.86. The SMILES string of the molecule is CCCC1NC(C2CCCC2)N(CC2CCCC2)C1=O. The van der Waals surface area contributed by atoms with Gasteiger partial charge < -0.3 is 4.90 Å². The summed E-state index contributed by atoms with van der Waals surface area (Å²) in [6, 6.07) is 0.104. The quantitative estimate of drug-likeness (QED) is 0.837. The molecule has 0 radical (unpaired) electrons. The summed E-state index contributed by atoms with van der Waals surface area (Å²) in [5.74, 6) is 1.88. The Kier molecular flexibility index (Phi) is 4.65. The van der Waals surface area contributed by atoms with E-state index in [0.29, 0.717) is 18.0 Å². The average molecular weight is 278 g/mol. The number of amides is 1. The molecule has 3 aliphatic rings. The topological polar surface area (TPSA) is 32.3 Å². The number of rotatable bonds is 5. The normalized spacial score (nSPS) is 32.6. The van der Waals surface area contributed by atoms with E-state index in [2.05, 4.69) is 17.1 Å². The van der Waals surface area contributed by atoms with Crippen LogP contribution in [0.1, 0.15) is 71.1 Å². The smallest absolute Gasteiger partial charge is 0.241 e. The van der Waals surface area contributed by atoms with Crippen molar-refractivity contribution in [2.75, 3.05) is 6.54 Å². The van der Waals surface area contributed by atoms with Gasteiger partial charge >= 0.3 is 0 Å². The predicted octanol–water partition coefficient (Wildman–Crippen LogP) is 3.29. The van der Waals surface area contributed by atoms with E-state index in [-0.39, 0.29) is 6.04 Å². The van der Waals surface area contributed by atoms with Gasteiger partial charge in [0.2, 0.25) is 5.91 Å². The minimum absolute atomic E-state index is 0.104. The van der Waals surface area contributed by atoms with Crippen LogP contribution < -0.4 is 5.32 Å². The number of hydrogen-bond donors (Lipinski definition) is 1. The number of carbonyl (C=O) groups is 1. The molecule has 3 heteroatoms. The van der Waals surface area contributed by atoms with Gasteiger partial charge in [-0.2, -0.15) is 0 Å². The monoisotopic (exact) mass is 278 g/mol. The third-order valence-corrected chi connectivity index (χ3v) is 5.64. The molecular formula is C17H30N2O. The van der Waals surface area contributed by atoms with Crippen molar-refractivity contribution in [3.63, 3.8) is 0 Å². The zero-order valence-corrected chi connectivity index (χ0v) is 12.9. The Morgan fingerprint density at radius 1 is 1.10 bits per heavy atom. The molecule has 2 atom stereocenters. The fourth-order valence-electron chi connectivity index (χ4n) is 4.54. The van der Waals surface area contributed by atoms with E-state index >= 15 is 0 Å². The molecule has 0 bridgehead atoms. The molecule has 1 heterocycles. The van der Waals surface area contributed by atoms with Gasteiger partial charge in [0.15, 0.2) is 0 Å². The first kappa shape index (κ1) is 14.4. The summed E-state index contributed by atoms with van der Waals surface area (Å²) < 4.78 is 0. The minimum atomic E-state index is 0.104. The average Bonchev–Trinajstić information content (AvgIpc) is 3.16. The van der Waals surface area contributed by atoms with Gasteiger partial charge in [-0.05, 0) is 43.9 Å². The lowest BCUT2D eigenvalue weighted by atomic mass is 10.0. The van der Waals surface area contributed by atoms with Crippen molar-refractivity contribution in [2.45, 2.75) is 83.3 Å². The Balaban J connectivity index is 1.68. The summed E-state index contributed by atoms with van der Waals surface area (Å²) in [6.45, 7) is 3.20. The van der Waals surface area contributed by atoms with Crippen molar-refractivity contribution in [1.29, 1.82) is 0 Å². The van der Waals surface area contributed by atoms with Gasteiger partial charge in [0, 0.05) is 6.54 Å². The Morgan fingerprint density at radius 3 is 2.40 bits per heavy atom. The highest BCUT2D eigenvalue weighted by molar-refractivity contribution is 5.84. The van der Waals surface area contributed by atoms with Crippen LogP contribution in [-0.2, 0) is 4.79 Å². The molecule has 2 aliphatic carbocycles. The fraction of sp³-hybridized carbons (Fsp3) is 0.941. The number of hydrogen-bond acceptors (Lipinski definition) is 2. The third kappa shape index (κ3) is 2.88. The molecule has 3 fully saturated rings. The van der Waals surface area contributed by atoms with Gasteiger partial charge in [-0.25, -0.2) is 0 Å². The Hall–Kier alpha value is -0.570. The second-order valence-electron chi connectivity index (χ2n) is 7.14. The summed E-state index contributed by atoms with van der Waals surface area (Å²) >= 11 is 0. The molecule has 0 aromatic carbocycles. The fourth-order valence-corrected chi connectivity index (χ4v) is 4.54. The largest absolute Gasteiger partial charge is 0.325 e. The van der Waals surface area contributed by atoms with Crippen molar-refractivity contribution >= 4 is 5.91 Å². The maximum absolute atomic E-state index is 12.7. The maximum atomic E-state index is 12.7. The van der Waals surface area contributed by atoms with E-state index in [1.807, 2.05) is 0 Å². The van der Waals surface area contributed by atoms with Gasteiger partial charge in [-0.1, -0.05) is 39.0 Å². The summed E-state index contributed by atoms with van der Waals surface area (Å²) in [5.41, 5.74) is 0. The van der Waals surface area contributed by atoms with E-state index in [1.54, 1.807) is 0 Å². The highest BCUT2D eigenvalue weighted by Gasteiger charge is 2.43. The molecule has 0 spiro atoms. The van der Waals surface area contributed by atoms with Crippen LogP contribution in [0.2, 0.25) is 0 Å². The van der Waals surface area contributed by atoms with Crippen LogP contribution in [0.5, 0.6) is 0 Å². The van der Waals surface area contributed by atoms with Crippen molar-refractivity contribution in [3.05, 3.63) is 0 Å². The van der Waals surface area contributed by atoms with Gasteiger partial charge in [-0.15, -0.1) is 0 Å². The lowest BCUT2D eigenvalue weighted by molar-refractivity contribution is -0.131.